The van der Waals surface area contributed by atoms with E-state index >= 15 is 0 Å². The zero-order valence-corrected chi connectivity index (χ0v) is 15.6. The lowest BCUT2D eigenvalue weighted by atomic mass is 10.0. The van der Waals surface area contributed by atoms with Gasteiger partial charge in [0.1, 0.15) is 5.82 Å². The number of carboxylic acid groups (broad SMARTS) is 1. The quantitative estimate of drug-likeness (QED) is 0.779. The first-order valence-corrected chi connectivity index (χ1v) is 9.51. The molecule has 1 aromatic rings. The van der Waals surface area contributed by atoms with Gasteiger partial charge in [-0.1, -0.05) is 6.92 Å². The number of rotatable bonds is 5. The maximum absolute atomic E-state index is 13.7. The Morgan fingerprint density at radius 3 is 2.32 bits per heavy atom. The van der Waals surface area contributed by atoms with E-state index < -0.39 is 23.9 Å². The summed E-state index contributed by atoms with van der Waals surface area (Å²) in [5.74, 6) is -0.0757. The standard InChI is InChI=1S/C18H23F3N4O3/c1-3-9-15(18(19,20)21)22-17(25-7-13(26)8(25)2)23-16(9)24-5-11-10(4-14(27)28)12(11)6-24/h8,10-13,26H,3-7H2,1-2H3,(H,27,28)/t8-,10?,11-,12+,13+/m0/s1. The summed E-state index contributed by atoms with van der Waals surface area (Å²) in [7, 11) is 0. The number of aromatic nitrogens is 2. The molecule has 2 aliphatic heterocycles. The number of hydrogen-bond acceptors (Lipinski definition) is 6. The molecule has 0 amide bonds. The molecule has 0 radical (unpaired) electrons. The number of anilines is 2. The molecule has 2 saturated heterocycles. The van der Waals surface area contributed by atoms with E-state index in [2.05, 4.69) is 9.97 Å². The van der Waals surface area contributed by atoms with Crippen LogP contribution in [0.5, 0.6) is 0 Å². The van der Waals surface area contributed by atoms with E-state index in [1.165, 1.54) is 0 Å². The fraction of sp³-hybridized carbons (Fsp3) is 0.722. The van der Waals surface area contributed by atoms with Crippen LogP contribution in [0.4, 0.5) is 24.9 Å². The van der Waals surface area contributed by atoms with Crippen molar-refractivity contribution in [3.8, 4) is 0 Å². The summed E-state index contributed by atoms with van der Waals surface area (Å²) in [5, 5.41) is 18.7. The Bertz CT molecular complexity index is 791. The Kier molecular flexibility index (Phi) is 4.44. The first-order chi connectivity index (χ1) is 13.1. The normalized spacial score (nSPS) is 31.6. The molecule has 1 aliphatic carbocycles. The molecule has 3 fully saturated rings. The molecular formula is C18H23F3N4O3. The summed E-state index contributed by atoms with van der Waals surface area (Å²) in [5.41, 5.74) is -0.854. The van der Waals surface area contributed by atoms with Crippen LogP contribution >= 0.6 is 0 Å². The summed E-state index contributed by atoms with van der Waals surface area (Å²) in [6.07, 6.45) is -4.95. The SMILES string of the molecule is CCc1c(N2C[C@@H]3C(CC(=O)O)[C@@H]3C2)nc(N2C[C@@H](O)[C@@H]2C)nc1C(F)(F)F. The predicted molar refractivity (Wildman–Crippen MR) is 94.2 cm³/mol. The lowest BCUT2D eigenvalue weighted by molar-refractivity contribution is -0.142. The van der Waals surface area contributed by atoms with E-state index in [1.807, 2.05) is 4.90 Å². The van der Waals surface area contributed by atoms with Gasteiger partial charge in [-0.15, -0.1) is 0 Å². The van der Waals surface area contributed by atoms with Crippen LogP contribution in [0, 0.1) is 17.8 Å². The highest BCUT2D eigenvalue weighted by molar-refractivity contribution is 5.68. The molecular weight excluding hydrogens is 377 g/mol. The number of aliphatic carboxylic acids is 1. The van der Waals surface area contributed by atoms with Gasteiger partial charge in [-0.3, -0.25) is 4.79 Å². The molecule has 1 unspecified atom stereocenters. The van der Waals surface area contributed by atoms with Crippen molar-refractivity contribution in [3.05, 3.63) is 11.3 Å². The number of aliphatic hydroxyl groups is 1. The first kappa shape index (κ1) is 19.2. The maximum atomic E-state index is 13.7. The Labute approximate surface area is 160 Å². The molecule has 154 valence electrons. The minimum atomic E-state index is -4.60. The van der Waals surface area contributed by atoms with Gasteiger partial charge in [0.25, 0.3) is 0 Å². The summed E-state index contributed by atoms with van der Waals surface area (Å²) >= 11 is 0. The molecule has 4 rings (SSSR count). The maximum Gasteiger partial charge on any atom is 0.433 e. The number of carbonyl (C=O) groups is 1. The zero-order valence-electron chi connectivity index (χ0n) is 15.6. The van der Waals surface area contributed by atoms with Gasteiger partial charge in [0.15, 0.2) is 5.69 Å². The minimum Gasteiger partial charge on any atom is -0.481 e. The van der Waals surface area contributed by atoms with E-state index in [-0.39, 0.29) is 60.5 Å². The van der Waals surface area contributed by atoms with Crippen molar-refractivity contribution in [3.63, 3.8) is 0 Å². The van der Waals surface area contributed by atoms with Crippen LogP contribution in [0.2, 0.25) is 0 Å². The molecule has 0 spiro atoms. The van der Waals surface area contributed by atoms with Gasteiger partial charge < -0.3 is 20.0 Å². The summed E-state index contributed by atoms with van der Waals surface area (Å²) in [4.78, 5) is 22.6. The first-order valence-electron chi connectivity index (χ1n) is 9.51. The van der Waals surface area contributed by atoms with Crippen LogP contribution in [0.1, 0.15) is 31.5 Å². The second-order valence-electron chi connectivity index (χ2n) is 7.98. The molecule has 1 saturated carbocycles. The molecule has 0 aromatic carbocycles. The predicted octanol–water partition coefficient (Wildman–Crippen LogP) is 1.78. The molecule has 1 aromatic heterocycles. The van der Waals surface area contributed by atoms with Gasteiger partial charge >= 0.3 is 12.1 Å². The number of hydrogen-bond donors (Lipinski definition) is 2. The second kappa shape index (κ2) is 6.47. The highest BCUT2D eigenvalue weighted by Crippen LogP contribution is 2.54. The average molecular weight is 400 g/mol. The third-order valence-electron chi connectivity index (χ3n) is 6.37. The minimum absolute atomic E-state index is 0.0139. The Morgan fingerprint density at radius 2 is 1.86 bits per heavy atom. The number of halogens is 3. The van der Waals surface area contributed by atoms with Crippen molar-refractivity contribution < 1.29 is 28.2 Å². The number of carboxylic acids is 1. The number of alkyl halides is 3. The summed E-state index contributed by atoms with van der Waals surface area (Å²) < 4.78 is 41.1. The zero-order chi connectivity index (χ0) is 20.4. The van der Waals surface area contributed by atoms with Crippen LogP contribution in [0.25, 0.3) is 0 Å². The van der Waals surface area contributed by atoms with Crippen molar-refractivity contribution in [1.29, 1.82) is 0 Å². The number of fused-ring (bicyclic) bond motifs is 1. The molecule has 0 bridgehead atoms. The second-order valence-corrected chi connectivity index (χ2v) is 7.98. The van der Waals surface area contributed by atoms with Gasteiger partial charge in [-0.05, 0) is 31.1 Å². The largest absolute Gasteiger partial charge is 0.481 e. The van der Waals surface area contributed by atoms with Crippen molar-refractivity contribution in [2.24, 2.45) is 17.8 Å². The van der Waals surface area contributed by atoms with E-state index in [9.17, 15) is 23.1 Å². The fourth-order valence-corrected chi connectivity index (χ4v) is 4.59. The summed E-state index contributed by atoms with van der Waals surface area (Å²) in [6, 6.07) is -0.340. The van der Waals surface area contributed by atoms with E-state index in [0.29, 0.717) is 13.1 Å². The molecule has 3 heterocycles. The van der Waals surface area contributed by atoms with E-state index in [4.69, 9.17) is 5.11 Å². The number of piperidine rings is 1. The van der Waals surface area contributed by atoms with Crippen molar-refractivity contribution >= 4 is 17.7 Å². The van der Waals surface area contributed by atoms with Gasteiger partial charge in [-0.2, -0.15) is 18.2 Å². The van der Waals surface area contributed by atoms with Crippen LogP contribution < -0.4 is 9.80 Å². The Morgan fingerprint density at radius 1 is 1.21 bits per heavy atom. The van der Waals surface area contributed by atoms with Crippen LogP contribution in [-0.4, -0.2) is 57.9 Å². The molecule has 5 atom stereocenters. The number of nitrogens with zero attached hydrogens (tertiary/aromatic N) is 4. The third kappa shape index (κ3) is 3.07. The van der Waals surface area contributed by atoms with Gasteiger partial charge in [0, 0.05) is 31.6 Å². The Balaban J connectivity index is 1.66. The van der Waals surface area contributed by atoms with Gasteiger partial charge in [0.2, 0.25) is 5.95 Å². The topological polar surface area (TPSA) is 89.8 Å². The van der Waals surface area contributed by atoms with Crippen molar-refractivity contribution in [2.75, 3.05) is 29.4 Å². The van der Waals surface area contributed by atoms with Crippen LogP contribution in [0.15, 0.2) is 0 Å². The fourth-order valence-electron chi connectivity index (χ4n) is 4.59. The number of aliphatic hydroxyl groups excluding tert-OH is 1. The lowest BCUT2D eigenvalue weighted by Crippen LogP contribution is -2.59. The van der Waals surface area contributed by atoms with Crippen LogP contribution in [0.3, 0.4) is 0 Å². The number of β-amino-alcohol motifs (C(OH)–C–C–N with tert-alkyl or cyclic N) is 1. The van der Waals surface area contributed by atoms with Crippen molar-refractivity contribution in [1.82, 2.24) is 9.97 Å². The van der Waals surface area contributed by atoms with Crippen LogP contribution in [-0.2, 0) is 17.4 Å². The smallest absolute Gasteiger partial charge is 0.433 e. The molecule has 2 N–H and O–H groups in total. The monoisotopic (exact) mass is 400 g/mol. The molecule has 28 heavy (non-hydrogen) atoms. The van der Waals surface area contributed by atoms with Gasteiger partial charge in [0.05, 0.1) is 12.1 Å². The lowest BCUT2D eigenvalue weighted by Gasteiger charge is -2.43. The highest BCUT2D eigenvalue weighted by atomic mass is 19.4. The van der Waals surface area contributed by atoms with E-state index in [0.717, 1.165) is 0 Å². The molecule has 10 heteroatoms. The van der Waals surface area contributed by atoms with Gasteiger partial charge in [-0.25, -0.2) is 4.98 Å². The summed E-state index contributed by atoms with van der Waals surface area (Å²) in [6.45, 7) is 4.61. The third-order valence-corrected chi connectivity index (χ3v) is 6.37. The Hall–Kier alpha value is -2.10. The highest BCUT2D eigenvalue weighted by Gasteiger charge is 2.57. The van der Waals surface area contributed by atoms with E-state index in [1.54, 1.807) is 18.7 Å². The van der Waals surface area contributed by atoms with Crippen molar-refractivity contribution in [2.45, 2.75) is 45.0 Å². The molecule has 7 nitrogen and oxygen atoms in total. The average Bonchev–Trinajstić information content (AvgIpc) is 3.05. The molecule has 3 aliphatic rings.